The van der Waals surface area contributed by atoms with E-state index >= 15 is 0 Å². The van der Waals surface area contributed by atoms with Gasteiger partial charge in [-0.3, -0.25) is 9.69 Å². The average molecular weight is 441 g/mol. The predicted octanol–water partition coefficient (Wildman–Crippen LogP) is 4.68. The zero-order chi connectivity index (χ0) is 22.8. The summed E-state index contributed by atoms with van der Waals surface area (Å²) in [5.41, 5.74) is 2.59. The van der Waals surface area contributed by atoms with Crippen molar-refractivity contribution in [2.45, 2.75) is 18.5 Å². The van der Waals surface area contributed by atoms with Crippen LogP contribution >= 0.6 is 0 Å². The molecule has 0 saturated carbocycles. The number of amides is 1. The maximum Gasteiger partial charge on any atom is 0.261 e. The van der Waals surface area contributed by atoms with Crippen molar-refractivity contribution in [2.75, 3.05) is 19.1 Å². The van der Waals surface area contributed by atoms with Gasteiger partial charge in [-0.2, -0.15) is 10.1 Å². The zero-order valence-electron chi connectivity index (χ0n) is 18.5. The fraction of sp³-hybridized carbons (Fsp3) is 0.192. The number of para-hydroxylation sites is 1. The summed E-state index contributed by atoms with van der Waals surface area (Å²) in [6, 6.07) is 24.6. The summed E-state index contributed by atoms with van der Waals surface area (Å²) in [6.45, 7) is 0. The Morgan fingerprint density at radius 2 is 1.61 bits per heavy atom. The molecule has 2 atom stereocenters. The molecule has 0 unspecified atom stereocenters. The molecular weight excluding hydrogens is 416 g/mol. The fourth-order valence-corrected chi connectivity index (χ4v) is 4.46. The highest BCUT2D eigenvalue weighted by molar-refractivity contribution is 6.05. The van der Waals surface area contributed by atoms with Crippen molar-refractivity contribution in [3.05, 3.63) is 102 Å². The third kappa shape index (κ3) is 3.71. The van der Waals surface area contributed by atoms with Gasteiger partial charge in [0.25, 0.3) is 5.91 Å². The summed E-state index contributed by atoms with van der Waals surface area (Å²) in [7, 11) is 3.30. The number of aromatic nitrogens is 3. The van der Waals surface area contributed by atoms with Crippen molar-refractivity contribution in [1.82, 2.24) is 14.8 Å². The van der Waals surface area contributed by atoms with Crippen molar-refractivity contribution >= 4 is 11.9 Å². The number of carbonyl (C=O) groups excluding carboxylic acids is 1. The molecule has 1 amide bonds. The summed E-state index contributed by atoms with van der Waals surface area (Å²) in [6.07, 6.45) is 2.11. The van der Waals surface area contributed by atoms with Crippen molar-refractivity contribution in [3.8, 4) is 11.5 Å². The molecule has 5 rings (SSSR count). The topological polar surface area (TPSA) is 69.5 Å². The van der Waals surface area contributed by atoms with Crippen molar-refractivity contribution < 1.29 is 14.3 Å². The number of ether oxygens (including phenoxy) is 2. The third-order valence-corrected chi connectivity index (χ3v) is 6.06. The van der Waals surface area contributed by atoms with Gasteiger partial charge in [-0.05, 0) is 42.3 Å². The second-order valence-electron chi connectivity index (χ2n) is 7.83. The molecule has 1 aromatic heterocycles. The highest BCUT2D eigenvalue weighted by Gasteiger charge is 2.40. The second-order valence-corrected chi connectivity index (χ2v) is 7.83. The summed E-state index contributed by atoms with van der Waals surface area (Å²) in [5, 5.41) is 4.51. The monoisotopic (exact) mass is 440 g/mol. The van der Waals surface area contributed by atoms with Gasteiger partial charge in [0.15, 0.2) is 0 Å². The van der Waals surface area contributed by atoms with E-state index in [9.17, 15) is 4.79 Å². The molecule has 166 valence electrons. The van der Waals surface area contributed by atoms with Crippen LogP contribution < -0.4 is 14.4 Å². The van der Waals surface area contributed by atoms with Crippen LogP contribution in [-0.2, 0) is 0 Å². The number of hydrogen-bond acceptors (Lipinski definition) is 5. The van der Waals surface area contributed by atoms with E-state index in [0.29, 0.717) is 17.9 Å². The lowest BCUT2D eigenvalue weighted by molar-refractivity contribution is 0.0963. The van der Waals surface area contributed by atoms with E-state index in [1.165, 1.54) is 6.33 Å². The Balaban J connectivity index is 1.66. The number of hydrogen-bond donors (Lipinski definition) is 0. The number of nitrogens with zero attached hydrogens (tertiary/aromatic N) is 4. The zero-order valence-corrected chi connectivity index (χ0v) is 18.5. The smallest absolute Gasteiger partial charge is 0.261 e. The van der Waals surface area contributed by atoms with E-state index in [0.717, 1.165) is 22.6 Å². The number of benzene rings is 3. The van der Waals surface area contributed by atoms with Gasteiger partial charge in [0.2, 0.25) is 5.95 Å². The average Bonchev–Trinajstić information content (AvgIpc) is 3.38. The van der Waals surface area contributed by atoms with Crippen LogP contribution in [-0.4, -0.2) is 34.9 Å². The molecule has 1 aliphatic heterocycles. The largest absolute Gasteiger partial charge is 0.497 e. The Hall–Kier alpha value is -4.13. The predicted molar refractivity (Wildman–Crippen MR) is 125 cm³/mol. The molecule has 7 nitrogen and oxygen atoms in total. The molecule has 0 spiro atoms. The molecule has 0 fully saturated rings. The van der Waals surface area contributed by atoms with E-state index in [-0.39, 0.29) is 18.0 Å². The minimum Gasteiger partial charge on any atom is -0.497 e. The molecule has 2 heterocycles. The summed E-state index contributed by atoms with van der Waals surface area (Å²) in [5.74, 6) is 1.93. The maximum absolute atomic E-state index is 13.7. The van der Waals surface area contributed by atoms with Crippen LogP contribution in [0.15, 0.2) is 85.2 Å². The molecule has 33 heavy (non-hydrogen) atoms. The molecule has 0 N–H and O–H groups in total. The van der Waals surface area contributed by atoms with E-state index in [1.54, 1.807) is 19.1 Å². The quantitative estimate of drug-likeness (QED) is 0.451. The van der Waals surface area contributed by atoms with E-state index < -0.39 is 0 Å². The minimum absolute atomic E-state index is 0.121. The molecule has 0 aliphatic carbocycles. The summed E-state index contributed by atoms with van der Waals surface area (Å²) >= 11 is 0. The van der Waals surface area contributed by atoms with Gasteiger partial charge >= 0.3 is 0 Å². The Morgan fingerprint density at radius 3 is 2.33 bits per heavy atom. The molecule has 0 bridgehead atoms. The first-order valence-electron chi connectivity index (χ1n) is 10.8. The molecule has 1 aliphatic rings. The first-order valence-corrected chi connectivity index (χ1v) is 10.8. The standard InChI is InChI=1S/C26H24N4O3/c1-32-20-14-12-18(13-15-20)22-16-23(21-10-6-7-11-24(21)33-2)30-26(27-17-28-30)29(22)25(31)19-8-4-3-5-9-19/h3-15,17,22-23H,16H2,1-2H3/t22-,23+/m1/s1. The van der Waals surface area contributed by atoms with Gasteiger partial charge in [-0.1, -0.05) is 48.5 Å². The second kappa shape index (κ2) is 8.78. The van der Waals surface area contributed by atoms with Gasteiger partial charge in [0, 0.05) is 11.1 Å². The van der Waals surface area contributed by atoms with Crippen molar-refractivity contribution in [3.63, 3.8) is 0 Å². The van der Waals surface area contributed by atoms with Crippen LogP contribution in [0.25, 0.3) is 0 Å². The van der Waals surface area contributed by atoms with Crippen LogP contribution in [0.2, 0.25) is 0 Å². The minimum atomic E-state index is -0.254. The lowest BCUT2D eigenvalue weighted by Gasteiger charge is -2.39. The highest BCUT2D eigenvalue weighted by Crippen LogP contribution is 2.44. The Kier molecular flexibility index (Phi) is 5.52. The van der Waals surface area contributed by atoms with E-state index in [4.69, 9.17) is 9.47 Å². The third-order valence-electron chi connectivity index (χ3n) is 6.06. The normalized spacial score (nSPS) is 17.3. The molecular formula is C26H24N4O3. The summed E-state index contributed by atoms with van der Waals surface area (Å²) in [4.78, 5) is 20.0. The van der Waals surface area contributed by atoms with Gasteiger partial charge < -0.3 is 9.47 Å². The maximum atomic E-state index is 13.7. The molecule has 7 heteroatoms. The molecule has 0 saturated heterocycles. The lowest BCUT2D eigenvalue weighted by Crippen LogP contribution is -2.42. The Bertz CT molecular complexity index is 1250. The van der Waals surface area contributed by atoms with Crippen LogP contribution in [0.1, 0.15) is 40.0 Å². The number of carbonyl (C=O) groups is 1. The van der Waals surface area contributed by atoms with Crippen LogP contribution in [0.5, 0.6) is 11.5 Å². The van der Waals surface area contributed by atoms with E-state index in [2.05, 4.69) is 10.1 Å². The molecule has 0 radical (unpaired) electrons. The summed E-state index contributed by atoms with van der Waals surface area (Å²) < 4.78 is 12.8. The molecule has 4 aromatic rings. The van der Waals surface area contributed by atoms with Crippen molar-refractivity contribution in [1.29, 1.82) is 0 Å². The number of methoxy groups -OCH3 is 2. The Labute approximate surface area is 192 Å². The van der Waals surface area contributed by atoms with Gasteiger partial charge in [-0.15, -0.1) is 0 Å². The van der Waals surface area contributed by atoms with Crippen LogP contribution in [0.4, 0.5) is 5.95 Å². The fourth-order valence-electron chi connectivity index (χ4n) is 4.46. The van der Waals surface area contributed by atoms with E-state index in [1.807, 2.05) is 83.5 Å². The number of rotatable bonds is 5. The first-order chi connectivity index (χ1) is 16.2. The number of anilines is 1. The van der Waals surface area contributed by atoms with Crippen LogP contribution in [0.3, 0.4) is 0 Å². The van der Waals surface area contributed by atoms with Gasteiger partial charge in [-0.25, -0.2) is 4.68 Å². The van der Waals surface area contributed by atoms with Gasteiger partial charge in [0.1, 0.15) is 17.8 Å². The lowest BCUT2D eigenvalue weighted by atomic mass is 9.91. The first kappa shape index (κ1) is 20.8. The Morgan fingerprint density at radius 1 is 0.879 bits per heavy atom. The highest BCUT2D eigenvalue weighted by atomic mass is 16.5. The van der Waals surface area contributed by atoms with Crippen LogP contribution in [0, 0.1) is 0 Å². The SMILES string of the molecule is COc1ccc([C@H]2C[C@@H](c3ccccc3OC)n3ncnc3N2C(=O)c2ccccc2)cc1. The van der Waals surface area contributed by atoms with Crippen molar-refractivity contribution in [2.24, 2.45) is 0 Å². The molecule has 3 aromatic carbocycles. The number of fused-ring (bicyclic) bond motifs is 1. The van der Waals surface area contributed by atoms with Gasteiger partial charge in [0.05, 0.1) is 26.3 Å².